The number of nitro benzene ring substituents is 1. The van der Waals surface area contributed by atoms with Crippen LogP contribution in [-0.2, 0) is 6.54 Å². The van der Waals surface area contributed by atoms with Gasteiger partial charge in [0.2, 0.25) is 0 Å². The number of aromatic nitrogens is 1. The van der Waals surface area contributed by atoms with Gasteiger partial charge in [0.15, 0.2) is 0 Å². The number of nitro groups is 1. The van der Waals surface area contributed by atoms with Crippen molar-refractivity contribution in [1.82, 2.24) is 4.98 Å². The van der Waals surface area contributed by atoms with Crippen molar-refractivity contribution < 1.29 is 4.92 Å². The second-order valence-electron chi connectivity index (χ2n) is 4.28. The summed E-state index contributed by atoms with van der Waals surface area (Å²) in [5.74, 6) is 0. The fourth-order valence-corrected chi connectivity index (χ4v) is 1.86. The van der Waals surface area contributed by atoms with E-state index >= 15 is 0 Å². The van der Waals surface area contributed by atoms with Crippen LogP contribution in [-0.4, -0.2) is 17.0 Å². The zero-order valence-electron chi connectivity index (χ0n) is 10.9. The van der Waals surface area contributed by atoms with E-state index < -0.39 is 4.92 Å². The van der Waals surface area contributed by atoms with Gasteiger partial charge in [-0.15, -0.1) is 0 Å². The molecule has 0 spiro atoms. The molecular weight excluding hydrogens is 256 g/mol. The summed E-state index contributed by atoms with van der Waals surface area (Å²) in [6.07, 6.45) is 3.42. The van der Waals surface area contributed by atoms with E-state index in [0.29, 0.717) is 6.54 Å². The quantitative estimate of drug-likeness (QED) is 0.628. The first-order valence-electron chi connectivity index (χ1n) is 5.90. The monoisotopic (exact) mass is 268 g/mol. The molecule has 0 N–H and O–H groups in total. The van der Waals surface area contributed by atoms with E-state index in [4.69, 9.17) is 5.26 Å². The Hall–Kier alpha value is -2.94. The van der Waals surface area contributed by atoms with Crippen LogP contribution in [0, 0.1) is 21.4 Å². The number of nitriles is 1. The van der Waals surface area contributed by atoms with Crippen molar-refractivity contribution in [1.29, 1.82) is 5.26 Å². The Bertz CT molecular complexity index is 665. The SMILES string of the molecule is CN(Cc1ccncc1)c1ccc([N+](=O)[O-])c(C#N)c1. The summed E-state index contributed by atoms with van der Waals surface area (Å²) in [5.41, 5.74) is 1.71. The Morgan fingerprint density at radius 1 is 1.35 bits per heavy atom. The van der Waals surface area contributed by atoms with Crippen LogP contribution >= 0.6 is 0 Å². The van der Waals surface area contributed by atoms with Gasteiger partial charge >= 0.3 is 0 Å². The molecule has 0 radical (unpaired) electrons. The van der Waals surface area contributed by atoms with Crippen LogP contribution in [0.1, 0.15) is 11.1 Å². The summed E-state index contributed by atoms with van der Waals surface area (Å²) in [5, 5.41) is 19.8. The van der Waals surface area contributed by atoms with Crippen molar-refractivity contribution >= 4 is 11.4 Å². The average Bonchev–Trinajstić information content (AvgIpc) is 2.47. The molecule has 100 valence electrons. The van der Waals surface area contributed by atoms with Gasteiger partial charge in [-0.05, 0) is 29.8 Å². The second kappa shape index (κ2) is 5.80. The molecule has 0 aliphatic carbocycles. The highest BCUT2D eigenvalue weighted by molar-refractivity contribution is 5.59. The number of hydrogen-bond acceptors (Lipinski definition) is 5. The number of nitrogens with zero attached hydrogens (tertiary/aromatic N) is 4. The predicted molar refractivity (Wildman–Crippen MR) is 74.2 cm³/mol. The minimum Gasteiger partial charge on any atom is -0.370 e. The second-order valence-corrected chi connectivity index (χ2v) is 4.28. The number of hydrogen-bond donors (Lipinski definition) is 0. The average molecular weight is 268 g/mol. The molecule has 1 aromatic carbocycles. The van der Waals surface area contributed by atoms with Gasteiger partial charge in [-0.1, -0.05) is 0 Å². The van der Waals surface area contributed by atoms with Crippen molar-refractivity contribution in [3.63, 3.8) is 0 Å². The lowest BCUT2D eigenvalue weighted by atomic mass is 10.1. The third-order valence-electron chi connectivity index (χ3n) is 2.91. The van der Waals surface area contributed by atoms with Crippen LogP contribution in [0.25, 0.3) is 0 Å². The molecule has 0 saturated carbocycles. The number of pyridine rings is 1. The molecule has 0 saturated heterocycles. The van der Waals surface area contributed by atoms with E-state index in [1.165, 1.54) is 12.1 Å². The van der Waals surface area contributed by atoms with Crippen LogP contribution in [0.3, 0.4) is 0 Å². The Labute approximate surface area is 116 Å². The minimum atomic E-state index is -0.550. The van der Waals surface area contributed by atoms with Crippen molar-refractivity contribution in [2.24, 2.45) is 0 Å². The molecule has 0 bridgehead atoms. The van der Waals surface area contributed by atoms with Crippen LogP contribution in [0.2, 0.25) is 0 Å². The zero-order valence-corrected chi connectivity index (χ0v) is 10.9. The normalized spacial score (nSPS) is 9.80. The van der Waals surface area contributed by atoms with E-state index in [9.17, 15) is 10.1 Å². The predicted octanol–water partition coefficient (Wildman–Crippen LogP) is 2.50. The van der Waals surface area contributed by atoms with Crippen molar-refractivity contribution in [3.8, 4) is 6.07 Å². The molecule has 6 nitrogen and oxygen atoms in total. The molecule has 6 heteroatoms. The third-order valence-corrected chi connectivity index (χ3v) is 2.91. The van der Waals surface area contributed by atoms with Gasteiger partial charge < -0.3 is 4.90 Å². The number of rotatable bonds is 4. The maximum Gasteiger partial charge on any atom is 0.287 e. The van der Waals surface area contributed by atoms with Crippen LogP contribution in [0.5, 0.6) is 0 Å². The highest BCUT2D eigenvalue weighted by atomic mass is 16.6. The molecule has 0 aliphatic heterocycles. The molecule has 0 aliphatic rings. The Balaban J connectivity index is 2.25. The van der Waals surface area contributed by atoms with Gasteiger partial charge in [0.1, 0.15) is 11.6 Å². The summed E-state index contributed by atoms with van der Waals surface area (Å²) < 4.78 is 0. The molecule has 0 atom stereocenters. The van der Waals surface area contributed by atoms with Crippen LogP contribution in [0.4, 0.5) is 11.4 Å². The summed E-state index contributed by atoms with van der Waals surface area (Å²) >= 11 is 0. The Kier molecular flexibility index (Phi) is 3.91. The molecule has 1 aromatic heterocycles. The summed E-state index contributed by atoms with van der Waals surface area (Å²) in [7, 11) is 1.86. The highest BCUT2D eigenvalue weighted by Gasteiger charge is 2.15. The van der Waals surface area contributed by atoms with Gasteiger partial charge in [-0.3, -0.25) is 15.1 Å². The zero-order chi connectivity index (χ0) is 14.5. The van der Waals surface area contributed by atoms with Gasteiger partial charge in [0.25, 0.3) is 5.69 Å². The van der Waals surface area contributed by atoms with Crippen molar-refractivity contribution in [3.05, 3.63) is 64.0 Å². The molecule has 2 aromatic rings. The van der Waals surface area contributed by atoms with Crippen molar-refractivity contribution in [2.45, 2.75) is 6.54 Å². The lowest BCUT2D eigenvalue weighted by Crippen LogP contribution is -2.16. The maximum atomic E-state index is 10.8. The number of anilines is 1. The standard InChI is InChI=1S/C14H12N4O2/c1-17(10-11-4-6-16-7-5-11)13-2-3-14(18(19)20)12(8-13)9-15/h2-8H,10H2,1H3. The van der Waals surface area contributed by atoms with E-state index in [-0.39, 0.29) is 11.3 Å². The van der Waals surface area contributed by atoms with E-state index in [1.54, 1.807) is 18.5 Å². The lowest BCUT2D eigenvalue weighted by Gasteiger charge is -2.19. The van der Waals surface area contributed by atoms with E-state index in [0.717, 1.165) is 11.3 Å². The molecule has 0 unspecified atom stereocenters. The fourth-order valence-electron chi connectivity index (χ4n) is 1.86. The smallest absolute Gasteiger partial charge is 0.287 e. The molecule has 20 heavy (non-hydrogen) atoms. The first kappa shape index (κ1) is 13.5. The summed E-state index contributed by atoms with van der Waals surface area (Å²) in [4.78, 5) is 16.1. The highest BCUT2D eigenvalue weighted by Crippen LogP contribution is 2.24. The van der Waals surface area contributed by atoms with Gasteiger partial charge in [-0.25, -0.2) is 0 Å². The summed E-state index contributed by atoms with van der Waals surface area (Å²) in [6.45, 7) is 0.630. The third kappa shape index (κ3) is 2.90. The molecular formula is C14H12N4O2. The molecule has 1 heterocycles. The van der Waals surface area contributed by atoms with Crippen molar-refractivity contribution in [2.75, 3.05) is 11.9 Å². The maximum absolute atomic E-state index is 10.8. The Morgan fingerprint density at radius 3 is 2.65 bits per heavy atom. The van der Waals surface area contributed by atoms with Crippen LogP contribution < -0.4 is 4.90 Å². The van der Waals surface area contributed by atoms with Gasteiger partial charge in [0.05, 0.1) is 4.92 Å². The largest absolute Gasteiger partial charge is 0.370 e. The first-order chi connectivity index (χ1) is 9.61. The van der Waals surface area contributed by atoms with Gasteiger partial charge in [-0.2, -0.15) is 5.26 Å². The lowest BCUT2D eigenvalue weighted by molar-refractivity contribution is -0.385. The van der Waals surface area contributed by atoms with E-state index in [2.05, 4.69) is 4.98 Å². The Morgan fingerprint density at radius 2 is 2.05 bits per heavy atom. The molecule has 0 amide bonds. The topological polar surface area (TPSA) is 83.1 Å². The fraction of sp³-hybridized carbons (Fsp3) is 0.143. The molecule has 2 rings (SSSR count). The molecule has 0 fully saturated rings. The van der Waals surface area contributed by atoms with Gasteiger partial charge in [0, 0.05) is 37.7 Å². The summed E-state index contributed by atoms with van der Waals surface area (Å²) in [6, 6.07) is 10.2. The van der Waals surface area contributed by atoms with Crippen LogP contribution in [0.15, 0.2) is 42.7 Å². The first-order valence-corrected chi connectivity index (χ1v) is 5.90. The minimum absolute atomic E-state index is 0.0640. The number of benzene rings is 1. The van der Waals surface area contributed by atoms with E-state index in [1.807, 2.05) is 30.1 Å².